The lowest BCUT2D eigenvalue weighted by molar-refractivity contribution is -0.125. The molecule has 1 saturated carbocycles. The van der Waals surface area contributed by atoms with Crippen LogP contribution in [0.3, 0.4) is 0 Å². The smallest absolute Gasteiger partial charge is 0.228 e. The number of carbonyl (C=O) groups excluding carboxylic acids is 2. The summed E-state index contributed by atoms with van der Waals surface area (Å²) in [6.07, 6.45) is 6.29. The molecule has 2 N–H and O–H groups in total. The van der Waals surface area contributed by atoms with Gasteiger partial charge in [-0.3, -0.25) is 9.59 Å². The highest BCUT2D eigenvalue weighted by Gasteiger charge is 2.30. The number of carbonyl (C=O) groups is 2. The third-order valence-corrected chi connectivity index (χ3v) is 4.79. The fraction of sp³-hybridized carbons (Fsp3) is 0.400. The Kier molecular flexibility index (Phi) is 5.61. The van der Waals surface area contributed by atoms with Crippen LogP contribution in [0.4, 0.5) is 11.6 Å². The molecule has 0 aliphatic heterocycles. The maximum atomic E-state index is 12.4. The molecule has 1 aliphatic rings. The quantitative estimate of drug-likeness (QED) is 0.882. The lowest BCUT2D eigenvalue weighted by atomic mass is 9.81. The molecule has 0 spiro atoms. The van der Waals surface area contributed by atoms with E-state index in [1.54, 1.807) is 24.5 Å². The average Bonchev–Trinajstić information content (AvgIpc) is 2.65. The number of hydrogen-bond acceptors (Lipinski definition) is 4. The van der Waals surface area contributed by atoms with Gasteiger partial charge in [-0.05, 0) is 62.8 Å². The molecule has 136 valence electrons. The number of pyridine rings is 2. The fourth-order valence-corrected chi connectivity index (χ4v) is 3.16. The molecular weight excluding hydrogens is 328 g/mol. The number of hydrogen-bond donors (Lipinski definition) is 2. The van der Waals surface area contributed by atoms with Gasteiger partial charge < -0.3 is 10.6 Å². The predicted octanol–water partition coefficient (Wildman–Crippen LogP) is 3.48. The molecule has 0 unspecified atom stereocenters. The Labute approximate surface area is 153 Å². The number of rotatable bonds is 4. The molecule has 0 radical (unpaired) electrons. The minimum Gasteiger partial charge on any atom is -0.310 e. The van der Waals surface area contributed by atoms with Gasteiger partial charge in [0.15, 0.2) is 0 Å². The third-order valence-electron chi connectivity index (χ3n) is 4.79. The van der Waals surface area contributed by atoms with Gasteiger partial charge in [-0.25, -0.2) is 9.97 Å². The summed E-state index contributed by atoms with van der Waals surface area (Å²) in [6, 6.07) is 7.45. The van der Waals surface area contributed by atoms with Crippen LogP contribution < -0.4 is 10.6 Å². The van der Waals surface area contributed by atoms with Crippen LogP contribution in [0.2, 0.25) is 0 Å². The van der Waals surface area contributed by atoms with Crippen molar-refractivity contribution < 1.29 is 9.59 Å². The summed E-state index contributed by atoms with van der Waals surface area (Å²) in [5, 5.41) is 5.73. The first kappa shape index (κ1) is 18.0. The van der Waals surface area contributed by atoms with E-state index in [4.69, 9.17) is 0 Å². The van der Waals surface area contributed by atoms with E-state index in [1.807, 2.05) is 26.0 Å². The lowest BCUT2D eigenvalue weighted by Crippen LogP contribution is -2.32. The highest BCUT2D eigenvalue weighted by Crippen LogP contribution is 2.30. The van der Waals surface area contributed by atoms with E-state index in [1.165, 1.54) is 0 Å². The van der Waals surface area contributed by atoms with Gasteiger partial charge in [0.1, 0.15) is 11.6 Å². The predicted molar refractivity (Wildman–Crippen MR) is 101 cm³/mol. The van der Waals surface area contributed by atoms with Crippen LogP contribution in [0, 0.1) is 25.7 Å². The van der Waals surface area contributed by atoms with Crippen molar-refractivity contribution in [2.24, 2.45) is 11.8 Å². The highest BCUT2D eigenvalue weighted by atomic mass is 16.2. The van der Waals surface area contributed by atoms with Gasteiger partial charge in [0.25, 0.3) is 0 Å². The van der Waals surface area contributed by atoms with Crippen LogP contribution in [-0.4, -0.2) is 21.8 Å². The van der Waals surface area contributed by atoms with Gasteiger partial charge in [0, 0.05) is 24.2 Å². The second-order valence-corrected chi connectivity index (χ2v) is 6.97. The maximum absolute atomic E-state index is 12.4. The molecule has 0 atom stereocenters. The van der Waals surface area contributed by atoms with E-state index in [9.17, 15) is 9.59 Å². The first-order chi connectivity index (χ1) is 12.5. The SMILES string of the molecule is Cc1ccc(NC(=O)C2CCC(C(=O)Nc3ccc(C)cn3)CC2)nc1. The van der Waals surface area contributed by atoms with Crippen LogP contribution >= 0.6 is 0 Å². The lowest BCUT2D eigenvalue weighted by Gasteiger charge is -2.26. The zero-order valence-corrected chi connectivity index (χ0v) is 15.2. The summed E-state index contributed by atoms with van der Waals surface area (Å²) < 4.78 is 0. The minimum absolute atomic E-state index is 0.0135. The molecule has 0 bridgehead atoms. The summed E-state index contributed by atoms with van der Waals surface area (Å²) in [5.74, 6) is 0.983. The molecule has 2 aromatic rings. The summed E-state index contributed by atoms with van der Waals surface area (Å²) in [6.45, 7) is 3.91. The Hall–Kier alpha value is -2.76. The van der Waals surface area contributed by atoms with Gasteiger partial charge in [-0.15, -0.1) is 0 Å². The first-order valence-corrected chi connectivity index (χ1v) is 8.98. The Balaban J connectivity index is 1.48. The fourth-order valence-electron chi connectivity index (χ4n) is 3.16. The van der Waals surface area contributed by atoms with E-state index in [-0.39, 0.29) is 23.7 Å². The normalized spacial score (nSPS) is 19.6. The summed E-state index contributed by atoms with van der Waals surface area (Å²) in [5.41, 5.74) is 2.11. The Morgan fingerprint density at radius 2 is 1.15 bits per heavy atom. The molecule has 6 heteroatoms. The molecule has 1 aliphatic carbocycles. The van der Waals surface area contributed by atoms with Crippen LogP contribution in [-0.2, 0) is 9.59 Å². The van der Waals surface area contributed by atoms with Gasteiger partial charge in [-0.2, -0.15) is 0 Å². The maximum Gasteiger partial charge on any atom is 0.228 e. The zero-order valence-electron chi connectivity index (χ0n) is 15.2. The standard InChI is InChI=1S/C20H24N4O2/c1-13-3-9-17(21-11-13)23-19(25)15-5-7-16(8-6-15)20(26)24-18-10-4-14(2)12-22-18/h3-4,9-12,15-16H,5-8H2,1-2H3,(H,21,23,25)(H,22,24,26). The summed E-state index contributed by atoms with van der Waals surface area (Å²) in [7, 11) is 0. The molecular formula is C20H24N4O2. The van der Waals surface area contributed by atoms with E-state index in [0.717, 1.165) is 11.1 Å². The molecule has 2 heterocycles. The molecule has 2 amide bonds. The number of amides is 2. The van der Waals surface area contributed by atoms with Gasteiger partial charge in [0.2, 0.25) is 11.8 Å². The molecule has 6 nitrogen and oxygen atoms in total. The summed E-state index contributed by atoms with van der Waals surface area (Å²) >= 11 is 0. The second-order valence-electron chi connectivity index (χ2n) is 6.97. The van der Waals surface area contributed by atoms with Crippen molar-refractivity contribution in [3.8, 4) is 0 Å². The largest absolute Gasteiger partial charge is 0.310 e. The van der Waals surface area contributed by atoms with Crippen LogP contribution in [0.25, 0.3) is 0 Å². The van der Waals surface area contributed by atoms with E-state index >= 15 is 0 Å². The van der Waals surface area contributed by atoms with Crippen molar-refractivity contribution in [3.63, 3.8) is 0 Å². The van der Waals surface area contributed by atoms with Gasteiger partial charge in [0.05, 0.1) is 0 Å². The van der Waals surface area contributed by atoms with Crippen molar-refractivity contribution in [3.05, 3.63) is 47.8 Å². The Bertz CT molecular complexity index is 696. The molecule has 0 saturated heterocycles. The van der Waals surface area contributed by atoms with E-state index in [2.05, 4.69) is 20.6 Å². The van der Waals surface area contributed by atoms with E-state index < -0.39 is 0 Å². The number of anilines is 2. The van der Waals surface area contributed by atoms with Crippen LogP contribution in [0.5, 0.6) is 0 Å². The zero-order chi connectivity index (χ0) is 18.5. The average molecular weight is 352 g/mol. The van der Waals surface area contributed by atoms with Crippen LogP contribution in [0.15, 0.2) is 36.7 Å². The molecule has 26 heavy (non-hydrogen) atoms. The number of nitrogens with one attached hydrogen (secondary N) is 2. The Morgan fingerprint density at radius 1 is 0.769 bits per heavy atom. The van der Waals surface area contributed by atoms with Crippen molar-refractivity contribution in [1.82, 2.24) is 9.97 Å². The van der Waals surface area contributed by atoms with Crippen molar-refractivity contribution in [1.29, 1.82) is 0 Å². The number of aromatic nitrogens is 2. The summed E-state index contributed by atoms with van der Waals surface area (Å²) in [4.78, 5) is 33.2. The van der Waals surface area contributed by atoms with E-state index in [0.29, 0.717) is 37.3 Å². The Morgan fingerprint density at radius 3 is 1.46 bits per heavy atom. The van der Waals surface area contributed by atoms with Crippen LogP contribution in [0.1, 0.15) is 36.8 Å². The molecule has 3 rings (SSSR count). The van der Waals surface area contributed by atoms with Gasteiger partial charge in [-0.1, -0.05) is 12.1 Å². The number of nitrogens with zero attached hydrogens (tertiary/aromatic N) is 2. The monoisotopic (exact) mass is 352 g/mol. The second kappa shape index (κ2) is 8.08. The van der Waals surface area contributed by atoms with Gasteiger partial charge >= 0.3 is 0 Å². The minimum atomic E-state index is -0.0698. The van der Waals surface area contributed by atoms with Crippen molar-refractivity contribution >= 4 is 23.5 Å². The van der Waals surface area contributed by atoms with Crippen molar-refractivity contribution in [2.45, 2.75) is 39.5 Å². The number of aryl methyl sites for hydroxylation is 2. The molecule has 0 aromatic carbocycles. The molecule has 2 aromatic heterocycles. The highest BCUT2D eigenvalue weighted by molar-refractivity contribution is 5.93. The third kappa shape index (κ3) is 4.65. The molecule has 1 fully saturated rings. The topological polar surface area (TPSA) is 84.0 Å². The van der Waals surface area contributed by atoms with Crippen molar-refractivity contribution in [2.75, 3.05) is 10.6 Å². The first-order valence-electron chi connectivity index (χ1n) is 8.98.